The van der Waals surface area contributed by atoms with E-state index in [4.69, 9.17) is 0 Å². The zero-order valence-electron chi connectivity index (χ0n) is 12.6. The molecule has 1 aromatic heterocycles. The quantitative estimate of drug-likeness (QED) is 0.933. The Hall–Kier alpha value is -1.36. The summed E-state index contributed by atoms with van der Waals surface area (Å²) in [6.45, 7) is 4.34. The molecular weight excluding hydrogens is 284 g/mol. The summed E-state index contributed by atoms with van der Waals surface area (Å²) in [7, 11) is 0. The molecule has 1 unspecified atom stereocenters. The van der Waals surface area contributed by atoms with Gasteiger partial charge in [-0.1, -0.05) is 19.8 Å². The molecule has 2 heterocycles. The van der Waals surface area contributed by atoms with Gasteiger partial charge in [0, 0.05) is 6.54 Å². The molecule has 1 atom stereocenters. The fourth-order valence-electron chi connectivity index (χ4n) is 3.52. The van der Waals surface area contributed by atoms with Gasteiger partial charge in [0.05, 0.1) is 0 Å². The Morgan fingerprint density at radius 2 is 2.05 bits per heavy atom. The molecule has 1 saturated heterocycles. The van der Waals surface area contributed by atoms with E-state index >= 15 is 0 Å². The number of carbonyl (C=O) groups excluding carboxylic acids is 2. The van der Waals surface area contributed by atoms with Crippen LogP contribution in [0.1, 0.15) is 51.5 Å². The third-order valence-electron chi connectivity index (χ3n) is 5.10. The number of amides is 2. The number of piperazine rings is 1. The summed E-state index contributed by atoms with van der Waals surface area (Å²) in [5.74, 6) is 0.108. The fourth-order valence-corrected chi connectivity index (χ4v) is 4.18. The third-order valence-corrected chi connectivity index (χ3v) is 5.84. The zero-order valence-corrected chi connectivity index (χ0v) is 13.5. The fraction of sp³-hybridized carbons (Fsp3) is 0.625. The van der Waals surface area contributed by atoms with E-state index in [0.29, 0.717) is 13.0 Å². The van der Waals surface area contributed by atoms with Gasteiger partial charge in [0.15, 0.2) is 0 Å². The van der Waals surface area contributed by atoms with Crippen molar-refractivity contribution in [1.29, 1.82) is 0 Å². The number of nitrogens with zero attached hydrogens (tertiary/aromatic N) is 1. The van der Waals surface area contributed by atoms with Crippen molar-refractivity contribution in [2.45, 2.75) is 63.6 Å². The first-order valence-electron chi connectivity index (χ1n) is 7.68. The molecule has 1 aliphatic carbocycles. The minimum atomic E-state index is -0.763. The maximum Gasteiger partial charge on any atom is 0.249 e. The molecule has 1 N–H and O–H groups in total. The van der Waals surface area contributed by atoms with Crippen LogP contribution in [0.2, 0.25) is 0 Å². The normalized spacial score (nSPS) is 28.2. The Morgan fingerprint density at radius 3 is 2.62 bits per heavy atom. The van der Waals surface area contributed by atoms with Crippen molar-refractivity contribution < 1.29 is 9.59 Å². The minimum Gasteiger partial charge on any atom is -0.340 e. The Balaban J connectivity index is 1.99. The Kier molecular flexibility index (Phi) is 3.56. The predicted octanol–water partition coefficient (Wildman–Crippen LogP) is 2.69. The molecule has 2 aliphatic rings. The highest BCUT2D eigenvalue weighted by molar-refractivity contribution is 7.07. The molecule has 1 saturated carbocycles. The van der Waals surface area contributed by atoms with Gasteiger partial charge < -0.3 is 10.2 Å². The molecule has 1 aliphatic heterocycles. The van der Waals surface area contributed by atoms with Crippen LogP contribution in [-0.2, 0) is 16.1 Å². The summed E-state index contributed by atoms with van der Waals surface area (Å²) in [6, 6.07) is 2.04. The standard InChI is InChI=1S/C16H22N2O2S/c1-3-15(2)14(20)18(10-12-6-9-21-11-12)16(13(19)17-15)7-4-5-8-16/h6,9,11H,3-5,7-8,10H2,1-2H3,(H,17,19). The molecular formula is C16H22N2O2S. The maximum absolute atomic E-state index is 13.0. The SMILES string of the molecule is CCC1(C)NC(=O)C2(CCCC2)N(Cc2ccsc2)C1=O. The lowest BCUT2D eigenvalue weighted by atomic mass is 9.83. The summed E-state index contributed by atoms with van der Waals surface area (Å²) in [5.41, 5.74) is -0.262. The zero-order chi connectivity index (χ0) is 15.1. The lowest BCUT2D eigenvalue weighted by molar-refractivity contribution is -0.163. The molecule has 2 amide bonds. The summed E-state index contributed by atoms with van der Waals surface area (Å²) in [4.78, 5) is 27.7. The van der Waals surface area contributed by atoms with Gasteiger partial charge in [-0.3, -0.25) is 9.59 Å². The monoisotopic (exact) mass is 306 g/mol. The van der Waals surface area contributed by atoms with Crippen LogP contribution in [0.4, 0.5) is 0 Å². The largest absolute Gasteiger partial charge is 0.340 e. The van der Waals surface area contributed by atoms with E-state index in [1.807, 2.05) is 30.2 Å². The van der Waals surface area contributed by atoms with E-state index in [9.17, 15) is 9.59 Å². The van der Waals surface area contributed by atoms with Crippen molar-refractivity contribution in [2.24, 2.45) is 0 Å². The average Bonchev–Trinajstić information content (AvgIpc) is 3.14. The van der Waals surface area contributed by atoms with Gasteiger partial charge >= 0.3 is 0 Å². The maximum atomic E-state index is 13.0. The van der Waals surface area contributed by atoms with Crippen LogP contribution in [0.15, 0.2) is 16.8 Å². The second-order valence-electron chi connectivity index (χ2n) is 6.40. The summed E-state index contributed by atoms with van der Waals surface area (Å²) < 4.78 is 0. The lowest BCUT2D eigenvalue weighted by Gasteiger charge is -2.50. The van der Waals surface area contributed by atoms with Crippen LogP contribution in [0.3, 0.4) is 0 Å². The van der Waals surface area contributed by atoms with Gasteiger partial charge in [0.25, 0.3) is 0 Å². The van der Waals surface area contributed by atoms with E-state index in [0.717, 1.165) is 31.2 Å². The summed E-state index contributed by atoms with van der Waals surface area (Å²) >= 11 is 1.63. The van der Waals surface area contributed by atoms with Crippen LogP contribution in [0.5, 0.6) is 0 Å². The average molecular weight is 306 g/mol. The van der Waals surface area contributed by atoms with Crippen LogP contribution < -0.4 is 5.32 Å². The van der Waals surface area contributed by atoms with Crippen molar-refractivity contribution in [3.63, 3.8) is 0 Å². The molecule has 1 aromatic rings. The van der Waals surface area contributed by atoms with E-state index in [-0.39, 0.29) is 11.8 Å². The molecule has 21 heavy (non-hydrogen) atoms. The molecule has 114 valence electrons. The van der Waals surface area contributed by atoms with Crippen molar-refractivity contribution >= 4 is 23.2 Å². The van der Waals surface area contributed by atoms with Crippen LogP contribution >= 0.6 is 11.3 Å². The molecule has 4 nitrogen and oxygen atoms in total. The van der Waals surface area contributed by atoms with E-state index in [1.165, 1.54) is 0 Å². The predicted molar refractivity (Wildman–Crippen MR) is 82.9 cm³/mol. The Bertz CT molecular complexity index is 549. The number of thiophene rings is 1. The van der Waals surface area contributed by atoms with Gasteiger partial charge in [0.1, 0.15) is 11.1 Å². The highest BCUT2D eigenvalue weighted by Gasteiger charge is 2.56. The molecule has 5 heteroatoms. The number of rotatable bonds is 3. The van der Waals surface area contributed by atoms with Gasteiger partial charge in [-0.15, -0.1) is 0 Å². The third kappa shape index (κ3) is 2.18. The van der Waals surface area contributed by atoms with Crippen molar-refractivity contribution in [3.8, 4) is 0 Å². The highest BCUT2D eigenvalue weighted by Crippen LogP contribution is 2.41. The highest BCUT2D eigenvalue weighted by atomic mass is 32.1. The summed E-state index contributed by atoms with van der Waals surface area (Å²) in [5, 5.41) is 7.09. The second-order valence-corrected chi connectivity index (χ2v) is 7.18. The smallest absolute Gasteiger partial charge is 0.249 e. The van der Waals surface area contributed by atoms with Gasteiger partial charge in [-0.25, -0.2) is 0 Å². The Morgan fingerprint density at radius 1 is 1.33 bits per heavy atom. The lowest BCUT2D eigenvalue weighted by Crippen LogP contribution is -2.73. The number of nitrogens with one attached hydrogen (secondary N) is 1. The van der Waals surface area contributed by atoms with Gasteiger partial charge in [-0.05, 0) is 48.6 Å². The van der Waals surface area contributed by atoms with E-state index in [1.54, 1.807) is 11.3 Å². The second kappa shape index (κ2) is 5.13. The first kappa shape index (κ1) is 14.6. The molecule has 0 aromatic carbocycles. The molecule has 0 radical (unpaired) electrons. The van der Waals surface area contributed by atoms with Crippen LogP contribution in [0, 0.1) is 0 Å². The molecule has 2 fully saturated rings. The van der Waals surface area contributed by atoms with Crippen LogP contribution in [0.25, 0.3) is 0 Å². The van der Waals surface area contributed by atoms with Gasteiger partial charge in [-0.2, -0.15) is 11.3 Å². The molecule has 0 bridgehead atoms. The van der Waals surface area contributed by atoms with Crippen LogP contribution in [-0.4, -0.2) is 27.8 Å². The topological polar surface area (TPSA) is 49.4 Å². The van der Waals surface area contributed by atoms with E-state index < -0.39 is 11.1 Å². The van der Waals surface area contributed by atoms with Crippen molar-refractivity contribution in [1.82, 2.24) is 10.2 Å². The number of hydrogen-bond acceptors (Lipinski definition) is 3. The molecule has 3 rings (SSSR count). The van der Waals surface area contributed by atoms with E-state index in [2.05, 4.69) is 10.7 Å². The van der Waals surface area contributed by atoms with Gasteiger partial charge in [0.2, 0.25) is 11.8 Å². The number of hydrogen-bond donors (Lipinski definition) is 1. The first-order valence-corrected chi connectivity index (χ1v) is 8.62. The molecule has 1 spiro atoms. The minimum absolute atomic E-state index is 0.0409. The number of carbonyl (C=O) groups is 2. The van der Waals surface area contributed by atoms with Crippen molar-refractivity contribution in [2.75, 3.05) is 0 Å². The Labute approximate surface area is 129 Å². The first-order chi connectivity index (χ1) is 10.0. The summed E-state index contributed by atoms with van der Waals surface area (Å²) in [6.07, 6.45) is 4.23. The van der Waals surface area contributed by atoms with Crippen molar-refractivity contribution in [3.05, 3.63) is 22.4 Å².